The van der Waals surface area contributed by atoms with Crippen LogP contribution in [0.3, 0.4) is 0 Å². The maximum atomic E-state index is 5.21. The molecule has 0 fully saturated rings. The highest BCUT2D eigenvalue weighted by molar-refractivity contribution is 7.15. The van der Waals surface area contributed by atoms with E-state index in [1.54, 1.807) is 7.11 Å². The van der Waals surface area contributed by atoms with E-state index in [0.717, 1.165) is 17.3 Å². The van der Waals surface area contributed by atoms with Crippen molar-refractivity contribution in [3.63, 3.8) is 0 Å². The highest BCUT2D eigenvalue weighted by atomic mass is 32.1. The van der Waals surface area contributed by atoms with Crippen molar-refractivity contribution in [1.29, 1.82) is 0 Å². The zero-order valence-corrected chi connectivity index (χ0v) is 12.8. The summed E-state index contributed by atoms with van der Waals surface area (Å²) in [6.07, 6.45) is 3.63. The van der Waals surface area contributed by atoms with Gasteiger partial charge in [0.15, 0.2) is 0 Å². The number of nitrogens with one attached hydrogen (secondary N) is 1. The van der Waals surface area contributed by atoms with Crippen LogP contribution in [-0.4, -0.2) is 18.6 Å². The van der Waals surface area contributed by atoms with Crippen LogP contribution in [0.1, 0.15) is 36.4 Å². The molecular weight excluding hydrogens is 268 g/mol. The van der Waals surface area contributed by atoms with E-state index >= 15 is 0 Å². The van der Waals surface area contributed by atoms with E-state index in [9.17, 15) is 0 Å². The lowest BCUT2D eigenvalue weighted by molar-refractivity contribution is 0.415. The first kappa shape index (κ1) is 13.6. The molecule has 106 valence electrons. The summed E-state index contributed by atoms with van der Waals surface area (Å²) >= 11 is 1.84. The van der Waals surface area contributed by atoms with E-state index in [4.69, 9.17) is 9.72 Å². The topological polar surface area (TPSA) is 34.1 Å². The van der Waals surface area contributed by atoms with Crippen LogP contribution in [-0.2, 0) is 6.42 Å². The van der Waals surface area contributed by atoms with Gasteiger partial charge in [-0.2, -0.15) is 0 Å². The highest BCUT2D eigenvalue weighted by Gasteiger charge is 2.24. The molecule has 0 saturated heterocycles. The number of ether oxygens (including phenoxy) is 1. The smallest absolute Gasteiger partial charge is 0.123 e. The molecule has 0 bridgehead atoms. The number of thiazole rings is 1. The number of hydrogen-bond acceptors (Lipinski definition) is 4. The minimum Gasteiger partial charge on any atom is -0.497 e. The van der Waals surface area contributed by atoms with Crippen LogP contribution < -0.4 is 10.1 Å². The van der Waals surface area contributed by atoms with Gasteiger partial charge >= 0.3 is 0 Å². The SMILES string of the molecule is CCNC1CCCc2sc(-c3ccc(OC)cc3)nc21. The normalized spacial score (nSPS) is 17.8. The minimum absolute atomic E-state index is 0.437. The van der Waals surface area contributed by atoms with Crippen molar-refractivity contribution in [2.45, 2.75) is 32.2 Å². The average Bonchev–Trinajstić information content (AvgIpc) is 2.93. The van der Waals surface area contributed by atoms with E-state index in [1.807, 2.05) is 23.5 Å². The molecule has 20 heavy (non-hydrogen) atoms. The fraction of sp³-hybridized carbons (Fsp3) is 0.438. The second kappa shape index (κ2) is 5.94. The number of aromatic nitrogens is 1. The quantitative estimate of drug-likeness (QED) is 0.929. The lowest BCUT2D eigenvalue weighted by Crippen LogP contribution is -2.24. The molecule has 4 heteroatoms. The Labute approximate surface area is 124 Å². The second-order valence-corrected chi connectivity index (χ2v) is 6.14. The zero-order valence-electron chi connectivity index (χ0n) is 12.0. The molecule has 1 aromatic heterocycles. The molecule has 0 spiro atoms. The van der Waals surface area contributed by atoms with Crippen molar-refractivity contribution in [2.75, 3.05) is 13.7 Å². The summed E-state index contributed by atoms with van der Waals surface area (Å²) in [5, 5.41) is 4.68. The summed E-state index contributed by atoms with van der Waals surface area (Å²) in [5.41, 5.74) is 2.45. The Morgan fingerprint density at radius 2 is 2.15 bits per heavy atom. The van der Waals surface area contributed by atoms with Crippen LogP contribution >= 0.6 is 11.3 Å². The van der Waals surface area contributed by atoms with Gasteiger partial charge in [0.25, 0.3) is 0 Å². The number of rotatable bonds is 4. The van der Waals surface area contributed by atoms with Crippen LogP contribution in [0.2, 0.25) is 0 Å². The van der Waals surface area contributed by atoms with Crippen molar-refractivity contribution in [1.82, 2.24) is 10.3 Å². The number of methoxy groups -OCH3 is 1. The Bertz CT molecular complexity index is 577. The number of hydrogen-bond donors (Lipinski definition) is 1. The standard InChI is InChI=1S/C16H20N2OS/c1-3-17-13-5-4-6-14-15(13)18-16(20-14)11-7-9-12(19-2)10-8-11/h7-10,13,17H,3-6H2,1-2H3. The predicted octanol–water partition coefficient (Wildman–Crippen LogP) is 3.81. The van der Waals surface area contributed by atoms with Gasteiger partial charge in [0.05, 0.1) is 18.8 Å². The maximum Gasteiger partial charge on any atom is 0.123 e. The minimum atomic E-state index is 0.437. The molecular formula is C16H20N2OS. The summed E-state index contributed by atoms with van der Waals surface area (Å²) in [4.78, 5) is 6.34. The van der Waals surface area contributed by atoms with Gasteiger partial charge < -0.3 is 10.1 Å². The van der Waals surface area contributed by atoms with Gasteiger partial charge in [-0.1, -0.05) is 6.92 Å². The lowest BCUT2D eigenvalue weighted by atomic mass is 9.98. The van der Waals surface area contributed by atoms with Gasteiger partial charge in [-0.05, 0) is 50.1 Å². The molecule has 3 nitrogen and oxygen atoms in total. The van der Waals surface area contributed by atoms with Gasteiger partial charge in [0, 0.05) is 10.4 Å². The molecule has 1 heterocycles. The summed E-state index contributed by atoms with van der Waals surface area (Å²) in [5.74, 6) is 0.889. The predicted molar refractivity (Wildman–Crippen MR) is 83.5 cm³/mol. The van der Waals surface area contributed by atoms with E-state index in [0.29, 0.717) is 6.04 Å². The number of aryl methyl sites for hydroxylation is 1. The third-order valence-electron chi connectivity index (χ3n) is 3.74. The monoisotopic (exact) mass is 288 g/mol. The Hall–Kier alpha value is -1.39. The molecule has 0 amide bonds. The maximum absolute atomic E-state index is 5.21. The molecule has 1 N–H and O–H groups in total. The fourth-order valence-corrected chi connectivity index (χ4v) is 3.89. The Kier molecular flexibility index (Phi) is 4.03. The molecule has 1 aliphatic rings. The fourth-order valence-electron chi connectivity index (χ4n) is 2.72. The largest absolute Gasteiger partial charge is 0.497 e. The van der Waals surface area contributed by atoms with Crippen molar-refractivity contribution < 1.29 is 4.74 Å². The number of benzene rings is 1. The Morgan fingerprint density at radius 1 is 1.35 bits per heavy atom. The zero-order chi connectivity index (χ0) is 13.9. The molecule has 1 aliphatic carbocycles. The molecule has 0 saturated carbocycles. The van der Waals surface area contributed by atoms with Crippen LogP contribution in [0.5, 0.6) is 5.75 Å². The van der Waals surface area contributed by atoms with E-state index in [2.05, 4.69) is 24.4 Å². The van der Waals surface area contributed by atoms with E-state index in [-0.39, 0.29) is 0 Å². The third kappa shape index (κ3) is 2.58. The van der Waals surface area contributed by atoms with Crippen LogP contribution in [0, 0.1) is 0 Å². The Balaban J connectivity index is 1.91. The van der Waals surface area contributed by atoms with Gasteiger partial charge in [0.1, 0.15) is 10.8 Å². The first-order valence-corrected chi connectivity index (χ1v) is 8.01. The molecule has 0 radical (unpaired) electrons. The first-order valence-electron chi connectivity index (χ1n) is 7.19. The summed E-state index contributed by atoms with van der Waals surface area (Å²) < 4.78 is 5.21. The van der Waals surface area contributed by atoms with Crippen molar-refractivity contribution in [2.24, 2.45) is 0 Å². The molecule has 2 aromatic rings. The van der Waals surface area contributed by atoms with E-state index < -0.39 is 0 Å². The van der Waals surface area contributed by atoms with Crippen LogP contribution in [0.25, 0.3) is 10.6 Å². The molecule has 0 aliphatic heterocycles. The second-order valence-electron chi connectivity index (χ2n) is 5.06. The molecule has 1 aromatic carbocycles. The molecule has 3 rings (SSSR count). The van der Waals surface area contributed by atoms with E-state index in [1.165, 1.54) is 35.4 Å². The van der Waals surface area contributed by atoms with Gasteiger partial charge in [-0.15, -0.1) is 11.3 Å². The van der Waals surface area contributed by atoms with Crippen molar-refractivity contribution in [3.8, 4) is 16.3 Å². The average molecular weight is 288 g/mol. The van der Waals surface area contributed by atoms with Gasteiger partial charge in [-0.3, -0.25) is 0 Å². The van der Waals surface area contributed by atoms with Gasteiger partial charge in [-0.25, -0.2) is 4.98 Å². The summed E-state index contributed by atoms with van der Waals surface area (Å²) in [6, 6.07) is 8.61. The lowest BCUT2D eigenvalue weighted by Gasteiger charge is -2.21. The summed E-state index contributed by atoms with van der Waals surface area (Å²) in [6.45, 7) is 3.16. The molecule has 1 unspecified atom stereocenters. The van der Waals surface area contributed by atoms with Crippen molar-refractivity contribution in [3.05, 3.63) is 34.8 Å². The first-order chi connectivity index (χ1) is 9.81. The number of nitrogens with zero attached hydrogens (tertiary/aromatic N) is 1. The number of fused-ring (bicyclic) bond motifs is 1. The van der Waals surface area contributed by atoms with Crippen LogP contribution in [0.15, 0.2) is 24.3 Å². The summed E-state index contributed by atoms with van der Waals surface area (Å²) in [7, 11) is 1.69. The molecule has 1 atom stereocenters. The van der Waals surface area contributed by atoms with Crippen molar-refractivity contribution >= 4 is 11.3 Å². The van der Waals surface area contributed by atoms with Crippen LogP contribution in [0.4, 0.5) is 0 Å². The van der Waals surface area contributed by atoms with Gasteiger partial charge in [0.2, 0.25) is 0 Å². The highest BCUT2D eigenvalue weighted by Crippen LogP contribution is 2.37. The third-order valence-corrected chi connectivity index (χ3v) is 4.92. The Morgan fingerprint density at radius 3 is 2.85 bits per heavy atom.